The van der Waals surface area contributed by atoms with Gasteiger partial charge in [-0.25, -0.2) is 9.82 Å². The smallest absolute Gasteiger partial charge is 0.262 e. The van der Waals surface area contributed by atoms with Gasteiger partial charge < -0.3 is 10.1 Å². The molecule has 126 valence electrons. The first-order valence-corrected chi connectivity index (χ1v) is 7.67. The molecule has 2 N–H and O–H groups in total. The Kier molecular flexibility index (Phi) is 6.31. The maximum absolute atomic E-state index is 13.4. The van der Waals surface area contributed by atoms with E-state index in [2.05, 4.69) is 15.8 Å². The molecule has 0 spiro atoms. The first-order chi connectivity index (χ1) is 11.6. The fourth-order valence-corrected chi connectivity index (χ4v) is 1.97. The van der Waals surface area contributed by atoms with Crippen LogP contribution in [-0.4, -0.2) is 24.8 Å². The predicted octanol–water partition coefficient (Wildman–Crippen LogP) is 3.18. The number of rotatable bonds is 7. The van der Waals surface area contributed by atoms with E-state index in [0.29, 0.717) is 12.2 Å². The number of hydrazone groups is 1. The molecular weight excluding hydrogens is 309 g/mol. The zero-order chi connectivity index (χ0) is 17.4. The molecule has 2 aromatic carbocycles. The lowest BCUT2D eigenvalue weighted by atomic mass is 10.2. The zero-order valence-electron chi connectivity index (χ0n) is 13.6. The number of amides is 1. The van der Waals surface area contributed by atoms with Gasteiger partial charge in [-0.15, -0.1) is 0 Å². The molecule has 1 atom stereocenters. The number of halogens is 1. The van der Waals surface area contributed by atoms with E-state index in [9.17, 15) is 9.18 Å². The van der Waals surface area contributed by atoms with E-state index in [0.717, 1.165) is 11.4 Å². The van der Waals surface area contributed by atoms with Crippen molar-refractivity contribution < 1.29 is 13.9 Å². The summed E-state index contributed by atoms with van der Waals surface area (Å²) in [6, 6.07) is 13.0. The molecule has 0 aliphatic heterocycles. The molecule has 1 unspecified atom stereocenters. The molecule has 0 saturated carbocycles. The predicted molar refractivity (Wildman–Crippen MR) is 92.8 cm³/mol. The molecule has 0 aliphatic carbocycles. The maximum atomic E-state index is 13.4. The third-order valence-electron chi connectivity index (χ3n) is 3.23. The van der Waals surface area contributed by atoms with Crippen molar-refractivity contribution in [1.29, 1.82) is 0 Å². The fourth-order valence-electron chi connectivity index (χ4n) is 1.97. The number of benzene rings is 2. The van der Waals surface area contributed by atoms with Crippen LogP contribution >= 0.6 is 0 Å². The molecule has 6 heteroatoms. The summed E-state index contributed by atoms with van der Waals surface area (Å²) in [6.45, 7) is 4.23. The average Bonchev–Trinajstić information content (AvgIpc) is 2.58. The van der Waals surface area contributed by atoms with E-state index in [1.54, 1.807) is 25.1 Å². The number of nitrogens with zero attached hydrogens (tertiary/aromatic N) is 1. The molecule has 0 heterocycles. The third-order valence-corrected chi connectivity index (χ3v) is 3.23. The monoisotopic (exact) mass is 329 g/mol. The van der Waals surface area contributed by atoms with E-state index in [4.69, 9.17) is 4.74 Å². The second-order valence-corrected chi connectivity index (χ2v) is 5.08. The second kappa shape index (κ2) is 8.67. The summed E-state index contributed by atoms with van der Waals surface area (Å²) in [7, 11) is 0. The molecular formula is C18H20FN3O2. The Morgan fingerprint density at radius 1 is 1.25 bits per heavy atom. The number of anilines is 1. The Morgan fingerprint density at radius 2 is 1.96 bits per heavy atom. The highest BCUT2D eigenvalue weighted by atomic mass is 19.1. The van der Waals surface area contributed by atoms with Gasteiger partial charge >= 0.3 is 0 Å². The maximum Gasteiger partial charge on any atom is 0.262 e. The number of carbonyl (C=O) groups is 1. The van der Waals surface area contributed by atoms with Gasteiger partial charge in [0.05, 0.1) is 12.8 Å². The minimum absolute atomic E-state index is 0.310. The van der Waals surface area contributed by atoms with E-state index in [1.165, 1.54) is 12.3 Å². The summed E-state index contributed by atoms with van der Waals surface area (Å²) in [5.41, 5.74) is 3.49. The molecule has 2 rings (SSSR count). The molecule has 0 aromatic heterocycles. The van der Waals surface area contributed by atoms with Crippen molar-refractivity contribution >= 4 is 17.8 Å². The molecule has 0 fully saturated rings. The molecule has 0 radical (unpaired) electrons. The molecule has 1 amide bonds. The van der Waals surface area contributed by atoms with Gasteiger partial charge in [-0.05, 0) is 44.2 Å². The number of carbonyl (C=O) groups excluding carboxylic acids is 1. The quantitative estimate of drug-likeness (QED) is 0.606. The summed E-state index contributed by atoms with van der Waals surface area (Å²) in [4.78, 5) is 12.0. The summed E-state index contributed by atoms with van der Waals surface area (Å²) in [5, 5.41) is 6.83. The van der Waals surface area contributed by atoms with Crippen LogP contribution in [0.15, 0.2) is 53.6 Å². The first-order valence-electron chi connectivity index (χ1n) is 7.67. The summed E-state index contributed by atoms with van der Waals surface area (Å²) < 4.78 is 18.8. The molecule has 24 heavy (non-hydrogen) atoms. The molecule has 0 aliphatic rings. The lowest BCUT2D eigenvalue weighted by Crippen LogP contribution is -2.34. The zero-order valence-corrected chi connectivity index (χ0v) is 13.6. The van der Waals surface area contributed by atoms with Gasteiger partial charge in [0.15, 0.2) is 0 Å². The standard InChI is InChI=1S/C18H20FN3O2/c1-3-24-16-10-8-15(9-11-16)21-13(2)18(23)22-20-12-14-6-4-5-7-17(14)19/h4-13,21H,3H2,1-2H3,(H,22,23)/b20-12+. The van der Waals surface area contributed by atoms with Crippen LogP contribution in [0.4, 0.5) is 10.1 Å². The molecule has 2 aromatic rings. The van der Waals surface area contributed by atoms with Gasteiger partial charge in [0, 0.05) is 11.3 Å². The van der Waals surface area contributed by atoms with Crippen molar-refractivity contribution in [1.82, 2.24) is 5.43 Å². The van der Waals surface area contributed by atoms with E-state index in [1.807, 2.05) is 31.2 Å². The number of hydrogen-bond acceptors (Lipinski definition) is 4. The SMILES string of the molecule is CCOc1ccc(NC(C)C(=O)N/N=C/c2ccccc2F)cc1. The van der Waals surface area contributed by atoms with Crippen LogP contribution in [0.25, 0.3) is 0 Å². The summed E-state index contributed by atoms with van der Waals surface area (Å²) in [5.74, 6) is 0.0576. The van der Waals surface area contributed by atoms with Crippen LogP contribution in [0.5, 0.6) is 5.75 Å². The van der Waals surface area contributed by atoms with Crippen LogP contribution in [0.3, 0.4) is 0 Å². The molecule has 5 nitrogen and oxygen atoms in total. The highest BCUT2D eigenvalue weighted by Gasteiger charge is 2.11. The average molecular weight is 329 g/mol. The van der Waals surface area contributed by atoms with Gasteiger partial charge in [-0.2, -0.15) is 5.10 Å². The van der Waals surface area contributed by atoms with Gasteiger partial charge in [0.25, 0.3) is 5.91 Å². The van der Waals surface area contributed by atoms with Crippen LogP contribution in [0.1, 0.15) is 19.4 Å². The Bertz CT molecular complexity index is 702. The van der Waals surface area contributed by atoms with Gasteiger partial charge in [0.2, 0.25) is 0 Å². The Morgan fingerprint density at radius 3 is 2.62 bits per heavy atom. The van der Waals surface area contributed by atoms with Gasteiger partial charge in [-0.3, -0.25) is 4.79 Å². The van der Waals surface area contributed by atoms with Crippen molar-refractivity contribution in [3.05, 3.63) is 59.9 Å². The van der Waals surface area contributed by atoms with Crippen molar-refractivity contribution in [3.63, 3.8) is 0 Å². The van der Waals surface area contributed by atoms with E-state index in [-0.39, 0.29) is 5.91 Å². The Hall–Kier alpha value is -2.89. The molecule has 0 saturated heterocycles. The number of nitrogens with one attached hydrogen (secondary N) is 2. The van der Waals surface area contributed by atoms with Crippen LogP contribution in [0, 0.1) is 5.82 Å². The number of ether oxygens (including phenoxy) is 1. The second-order valence-electron chi connectivity index (χ2n) is 5.08. The van der Waals surface area contributed by atoms with Crippen LogP contribution < -0.4 is 15.5 Å². The van der Waals surface area contributed by atoms with Gasteiger partial charge in [0.1, 0.15) is 17.6 Å². The van der Waals surface area contributed by atoms with E-state index >= 15 is 0 Å². The highest BCUT2D eigenvalue weighted by molar-refractivity contribution is 5.86. The van der Waals surface area contributed by atoms with Crippen molar-refractivity contribution in [2.75, 3.05) is 11.9 Å². The highest BCUT2D eigenvalue weighted by Crippen LogP contribution is 2.16. The largest absolute Gasteiger partial charge is 0.494 e. The minimum Gasteiger partial charge on any atom is -0.494 e. The lowest BCUT2D eigenvalue weighted by Gasteiger charge is -2.14. The topological polar surface area (TPSA) is 62.7 Å². The van der Waals surface area contributed by atoms with Crippen molar-refractivity contribution in [2.24, 2.45) is 5.10 Å². The normalized spacial score (nSPS) is 12.0. The first kappa shape index (κ1) is 17.5. The van der Waals surface area contributed by atoms with Crippen molar-refractivity contribution in [2.45, 2.75) is 19.9 Å². The molecule has 0 bridgehead atoms. The summed E-state index contributed by atoms with van der Waals surface area (Å²) >= 11 is 0. The van der Waals surface area contributed by atoms with Crippen molar-refractivity contribution in [3.8, 4) is 5.75 Å². The Balaban J connectivity index is 1.86. The summed E-state index contributed by atoms with van der Waals surface area (Å²) in [6.07, 6.45) is 1.27. The van der Waals surface area contributed by atoms with Crippen LogP contribution in [-0.2, 0) is 4.79 Å². The third kappa shape index (κ3) is 5.08. The minimum atomic E-state index is -0.499. The van der Waals surface area contributed by atoms with E-state index < -0.39 is 11.9 Å². The van der Waals surface area contributed by atoms with Gasteiger partial charge in [-0.1, -0.05) is 18.2 Å². The lowest BCUT2D eigenvalue weighted by molar-refractivity contribution is -0.121. The number of hydrogen-bond donors (Lipinski definition) is 2. The fraction of sp³-hybridized carbons (Fsp3) is 0.222. The van der Waals surface area contributed by atoms with Crippen LogP contribution in [0.2, 0.25) is 0 Å². The Labute approximate surface area is 140 Å².